The fourth-order valence-electron chi connectivity index (χ4n) is 4.18. The molecule has 1 aliphatic rings. The summed E-state index contributed by atoms with van der Waals surface area (Å²) in [5, 5.41) is 9.20. The van der Waals surface area contributed by atoms with Gasteiger partial charge < -0.3 is 15.1 Å². The number of anilines is 1. The van der Waals surface area contributed by atoms with Crippen LogP contribution in [0.3, 0.4) is 0 Å². The smallest absolute Gasteiger partial charge is 0.322 e. The van der Waals surface area contributed by atoms with Crippen LogP contribution in [0.2, 0.25) is 0 Å². The number of rotatable bonds is 6. The molecular formula is C28H24FN3O2. The number of urea groups is 1. The Morgan fingerprint density at radius 3 is 2.53 bits per heavy atom. The largest absolute Gasteiger partial charge is 0.390 e. The SMILES string of the molecule is O=C(Nc1cccc2ccccc12)N(Cc1ccccc1)C[C@H]1CC(c2ccccc2F)=NO1. The number of carbonyl (C=O) groups excluding carboxylic acids is 1. The summed E-state index contributed by atoms with van der Waals surface area (Å²) in [6.07, 6.45) is 0.0601. The highest BCUT2D eigenvalue weighted by atomic mass is 19.1. The Hall–Kier alpha value is -4.19. The molecule has 0 saturated heterocycles. The first-order valence-corrected chi connectivity index (χ1v) is 11.2. The molecule has 0 saturated carbocycles. The molecule has 0 spiro atoms. The molecule has 1 N–H and O–H groups in total. The number of hydrogen-bond donors (Lipinski definition) is 1. The average Bonchev–Trinajstić information content (AvgIpc) is 3.33. The van der Waals surface area contributed by atoms with E-state index in [0.717, 1.165) is 22.0 Å². The number of halogens is 1. The summed E-state index contributed by atoms with van der Waals surface area (Å²) >= 11 is 0. The van der Waals surface area contributed by atoms with Crippen LogP contribution in [0.5, 0.6) is 0 Å². The van der Waals surface area contributed by atoms with E-state index in [0.29, 0.717) is 30.8 Å². The number of nitrogens with one attached hydrogen (secondary N) is 1. The molecule has 34 heavy (non-hydrogen) atoms. The maximum Gasteiger partial charge on any atom is 0.322 e. The molecule has 1 atom stereocenters. The predicted molar refractivity (Wildman–Crippen MR) is 132 cm³/mol. The van der Waals surface area contributed by atoms with Crippen LogP contribution in [0.25, 0.3) is 10.8 Å². The van der Waals surface area contributed by atoms with Crippen molar-refractivity contribution in [2.45, 2.75) is 19.1 Å². The average molecular weight is 454 g/mol. The van der Waals surface area contributed by atoms with Crippen LogP contribution in [-0.4, -0.2) is 29.3 Å². The zero-order chi connectivity index (χ0) is 23.3. The van der Waals surface area contributed by atoms with E-state index >= 15 is 0 Å². The lowest BCUT2D eigenvalue weighted by molar-refractivity contribution is 0.0608. The van der Waals surface area contributed by atoms with Crippen molar-refractivity contribution in [3.8, 4) is 0 Å². The summed E-state index contributed by atoms with van der Waals surface area (Å²) in [5.41, 5.74) is 2.73. The van der Waals surface area contributed by atoms with Crippen LogP contribution < -0.4 is 5.32 Å². The number of hydrogen-bond acceptors (Lipinski definition) is 3. The van der Waals surface area contributed by atoms with E-state index in [-0.39, 0.29) is 18.0 Å². The van der Waals surface area contributed by atoms with E-state index < -0.39 is 0 Å². The van der Waals surface area contributed by atoms with Crippen molar-refractivity contribution in [2.75, 3.05) is 11.9 Å². The molecule has 2 amide bonds. The first-order valence-electron chi connectivity index (χ1n) is 11.2. The highest BCUT2D eigenvalue weighted by Gasteiger charge is 2.28. The third kappa shape index (κ3) is 4.76. The lowest BCUT2D eigenvalue weighted by Crippen LogP contribution is -2.40. The van der Waals surface area contributed by atoms with Crippen LogP contribution in [0, 0.1) is 5.82 Å². The topological polar surface area (TPSA) is 53.9 Å². The van der Waals surface area contributed by atoms with Crippen molar-refractivity contribution in [2.24, 2.45) is 5.16 Å². The van der Waals surface area contributed by atoms with Crippen molar-refractivity contribution in [3.05, 3.63) is 114 Å². The van der Waals surface area contributed by atoms with Gasteiger partial charge in [0.15, 0.2) is 6.10 Å². The number of nitrogens with zero attached hydrogens (tertiary/aromatic N) is 2. The molecule has 0 unspecified atom stereocenters. The summed E-state index contributed by atoms with van der Waals surface area (Å²) in [7, 11) is 0. The molecule has 0 radical (unpaired) electrons. The summed E-state index contributed by atoms with van der Waals surface area (Å²) in [5.74, 6) is -0.333. The van der Waals surface area contributed by atoms with Gasteiger partial charge in [0, 0.05) is 23.9 Å². The van der Waals surface area contributed by atoms with Crippen molar-refractivity contribution in [3.63, 3.8) is 0 Å². The maximum absolute atomic E-state index is 14.2. The second kappa shape index (κ2) is 9.75. The van der Waals surface area contributed by atoms with Crippen LogP contribution in [-0.2, 0) is 11.4 Å². The molecule has 1 heterocycles. The number of oxime groups is 1. The van der Waals surface area contributed by atoms with Gasteiger partial charge in [0.25, 0.3) is 0 Å². The molecule has 0 fully saturated rings. The summed E-state index contributed by atoms with van der Waals surface area (Å²) in [6, 6.07) is 29.8. The summed E-state index contributed by atoms with van der Waals surface area (Å²) in [4.78, 5) is 20.7. The normalized spacial score (nSPS) is 15.0. The molecule has 1 aliphatic heterocycles. The van der Waals surface area contributed by atoms with Gasteiger partial charge in [-0.05, 0) is 23.1 Å². The van der Waals surface area contributed by atoms with Crippen LogP contribution >= 0.6 is 0 Å². The number of carbonyl (C=O) groups is 1. The Bertz CT molecular complexity index is 1330. The Labute approximate surface area is 197 Å². The lowest BCUT2D eigenvalue weighted by Gasteiger charge is -2.25. The zero-order valence-electron chi connectivity index (χ0n) is 18.5. The highest BCUT2D eigenvalue weighted by Crippen LogP contribution is 2.25. The number of benzene rings is 4. The van der Waals surface area contributed by atoms with Crippen LogP contribution in [0.1, 0.15) is 17.5 Å². The van der Waals surface area contributed by atoms with Crippen LogP contribution in [0.4, 0.5) is 14.9 Å². The lowest BCUT2D eigenvalue weighted by atomic mass is 10.0. The second-order valence-corrected chi connectivity index (χ2v) is 8.27. The predicted octanol–water partition coefficient (Wildman–Crippen LogP) is 6.21. The standard InChI is InChI=1S/C28H24FN3O2/c29-25-15-7-6-14-24(25)27-17-22(34-31-27)19-32(18-20-9-2-1-3-10-20)28(33)30-26-16-8-12-21-11-4-5-13-23(21)26/h1-16,22H,17-19H2,(H,30,33)/t22-/m1/s1. The minimum atomic E-state index is -0.364. The van der Waals surface area contributed by atoms with Gasteiger partial charge in [-0.15, -0.1) is 0 Å². The van der Waals surface area contributed by atoms with E-state index in [4.69, 9.17) is 4.84 Å². The molecule has 4 aromatic rings. The fraction of sp³-hybridized carbons (Fsp3) is 0.143. The minimum Gasteiger partial charge on any atom is -0.390 e. The Morgan fingerprint density at radius 2 is 1.68 bits per heavy atom. The van der Waals surface area contributed by atoms with Crippen molar-refractivity contribution in [1.82, 2.24) is 4.90 Å². The molecule has 0 aliphatic carbocycles. The van der Waals surface area contributed by atoms with E-state index in [9.17, 15) is 9.18 Å². The molecule has 5 nitrogen and oxygen atoms in total. The molecule has 0 bridgehead atoms. The van der Waals surface area contributed by atoms with E-state index in [1.54, 1.807) is 23.1 Å². The monoisotopic (exact) mass is 453 g/mol. The Morgan fingerprint density at radius 1 is 0.941 bits per heavy atom. The zero-order valence-corrected chi connectivity index (χ0v) is 18.5. The number of fused-ring (bicyclic) bond motifs is 1. The molecule has 4 aromatic carbocycles. The minimum absolute atomic E-state index is 0.233. The van der Waals surface area contributed by atoms with Crippen LogP contribution in [0.15, 0.2) is 102 Å². The highest BCUT2D eigenvalue weighted by molar-refractivity contribution is 6.02. The number of amides is 2. The quantitative estimate of drug-likeness (QED) is 0.378. The van der Waals surface area contributed by atoms with Gasteiger partial charge >= 0.3 is 6.03 Å². The molecule has 6 heteroatoms. The van der Waals surface area contributed by atoms with Gasteiger partial charge in [0.2, 0.25) is 0 Å². The van der Waals surface area contributed by atoms with Crippen molar-refractivity contribution < 1.29 is 14.0 Å². The van der Waals surface area contributed by atoms with Gasteiger partial charge in [-0.25, -0.2) is 9.18 Å². The molecular weight excluding hydrogens is 429 g/mol. The Balaban J connectivity index is 1.34. The maximum atomic E-state index is 14.2. The van der Waals surface area contributed by atoms with Crippen molar-refractivity contribution >= 4 is 28.2 Å². The van der Waals surface area contributed by atoms with E-state index in [1.165, 1.54) is 6.07 Å². The fourth-order valence-corrected chi connectivity index (χ4v) is 4.18. The molecule has 170 valence electrons. The molecule has 5 rings (SSSR count). The summed E-state index contributed by atoms with van der Waals surface area (Å²) < 4.78 is 14.2. The second-order valence-electron chi connectivity index (χ2n) is 8.27. The van der Waals surface area contributed by atoms with Gasteiger partial charge in [-0.2, -0.15) is 0 Å². The van der Waals surface area contributed by atoms with Gasteiger partial charge in [0.1, 0.15) is 5.82 Å². The van der Waals surface area contributed by atoms with Gasteiger partial charge in [0.05, 0.1) is 17.9 Å². The summed E-state index contributed by atoms with van der Waals surface area (Å²) in [6.45, 7) is 0.722. The van der Waals surface area contributed by atoms with E-state index in [2.05, 4.69) is 10.5 Å². The Kier molecular flexibility index (Phi) is 6.21. The van der Waals surface area contributed by atoms with Gasteiger partial charge in [-0.1, -0.05) is 90.1 Å². The first-order chi connectivity index (χ1) is 16.7. The van der Waals surface area contributed by atoms with E-state index in [1.807, 2.05) is 72.8 Å². The molecule has 0 aromatic heterocycles. The third-order valence-corrected chi connectivity index (χ3v) is 5.88. The first kappa shape index (κ1) is 21.6. The van der Waals surface area contributed by atoms with Crippen molar-refractivity contribution in [1.29, 1.82) is 0 Å². The van der Waals surface area contributed by atoms with Gasteiger partial charge in [-0.3, -0.25) is 0 Å². The third-order valence-electron chi connectivity index (χ3n) is 5.88.